The molecule has 2 N–H and O–H groups in total. The van der Waals surface area contributed by atoms with E-state index >= 15 is 0 Å². The number of amides is 1. The molecular formula is C11H21NO5. The predicted octanol–water partition coefficient (Wildman–Crippen LogP) is -0.289. The van der Waals surface area contributed by atoms with E-state index in [2.05, 4.69) is 6.58 Å². The molecule has 0 rings (SSSR count). The summed E-state index contributed by atoms with van der Waals surface area (Å²) in [6.45, 7) is 7.53. The van der Waals surface area contributed by atoms with E-state index in [4.69, 9.17) is 9.47 Å². The van der Waals surface area contributed by atoms with Crippen molar-refractivity contribution in [3.63, 3.8) is 0 Å². The molecule has 17 heavy (non-hydrogen) atoms. The molecule has 0 aliphatic heterocycles. The second-order valence-electron chi connectivity index (χ2n) is 3.23. The molecule has 0 fully saturated rings. The van der Waals surface area contributed by atoms with Gasteiger partial charge in [-0.15, -0.1) is 0 Å². The Balaban J connectivity index is 4.50. The molecule has 6 nitrogen and oxygen atoms in total. The molecule has 2 atom stereocenters. The highest BCUT2D eigenvalue weighted by Crippen LogP contribution is 2.05. The summed E-state index contributed by atoms with van der Waals surface area (Å²) >= 11 is 0. The van der Waals surface area contributed by atoms with Gasteiger partial charge in [0.15, 0.2) is 12.5 Å². The Kier molecular flexibility index (Phi) is 8.61. The lowest BCUT2D eigenvalue weighted by Gasteiger charge is -2.31. The number of carbonyl (C=O) groups is 1. The lowest BCUT2D eigenvalue weighted by atomic mass is 10.3. The van der Waals surface area contributed by atoms with Crippen LogP contribution in [0.1, 0.15) is 13.8 Å². The van der Waals surface area contributed by atoms with Gasteiger partial charge in [-0.25, -0.2) is 0 Å². The number of aliphatic hydroxyl groups excluding tert-OH is 2. The molecule has 0 aromatic heterocycles. The quantitative estimate of drug-likeness (QED) is 0.432. The van der Waals surface area contributed by atoms with Gasteiger partial charge in [0.2, 0.25) is 5.91 Å². The van der Waals surface area contributed by atoms with Gasteiger partial charge in [0.1, 0.15) is 0 Å². The van der Waals surface area contributed by atoms with Crippen LogP contribution in [0, 0.1) is 0 Å². The minimum absolute atomic E-state index is 0.0702. The molecule has 0 heterocycles. The van der Waals surface area contributed by atoms with Gasteiger partial charge in [-0.05, 0) is 19.9 Å². The van der Waals surface area contributed by atoms with Crippen LogP contribution in [0.25, 0.3) is 0 Å². The summed E-state index contributed by atoms with van der Waals surface area (Å²) < 4.78 is 9.99. The zero-order chi connectivity index (χ0) is 13.3. The number of ether oxygens (including phenoxy) is 2. The number of hydrogen-bond acceptors (Lipinski definition) is 5. The summed E-state index contributed by atoms with van der Waals surface area (Å²) in [7, 11) is 0. The van der Waals surface area contributed by atoms with Crippen molar-refractivity contribution in [3.8, 4) is 0 Å². The zero-order valence-corrected chi connectivity index (χ0v) is 10.3. The molecule has 0 spiro atoms. The standard InChI is InChI=1S/C11H21NO5/c1-4-9(13)12(10(14)7-16-5-2)11(15)8-17-6-3/h4,10-11,14-15H,1,5-8H2,2-3H3. The highest BCUT2D eigenvalue weighted by atomic mass is 16.5. The first-order valence-corrected chi connectivity index (χ1v) is 5.54. The van der Waals surface area contributed by atoms with E-state index in [0.717, 1.165) is 11.0 Å². The van der Waals surface area contributed by atoms with Crippen molar-refractivity contribution in [2.45, 2.75) is 26.3 Å². The van der Waals surface area contributed by atoms with Gasteiger partial charge < -0.3 is 19.7 Å². The molecule has 2 unspecified atom stereocenters. The van der Waals surface area contributed by atoms with Crippen molar-refractivity contribution in [1.82, 2.24) is 4.90 Å². The van der Waals surface area contributed by atoms with E-state index in [0.29, 0.717) is 13.2 Å². The highest BCUT2D eigenvalue weighted by Gasteiger charge is 2.26. The number of nitrogens with zero attached hydrogens (tertiary/aromatic N) is 1. The zero-order valence-electron chi connectivity index (χ0n) is 10.3. The van der Waals surface area contributed by atoms with Crippen LogP contribution in [-0.4, -0.2) is 59.9 Å². The Labute approximate surface area is 101 Å². The summed E-state index contributed by atoms with van der Waals surface area (Å²) in [5.41, 5.74) is 0. The molecule has 0 bridgehead atoms. The fraction of sp³-hybridized carbons (Fsp3) is 0.727. The molecule has 0 saturated heterocycles. The minimum atomic E-state index is -1.23. The van der Waals surface area contributed by atoms with Crippen molar-refractivity contribution in [2.75, 3.05) is 26.4 Å². The normalized spacial score (nSPS) is 14.1. The van der Waals surface area contributed by atoms with Crippen LogP contribution in [0.5, 0.6) is 0 Å². The fourth-order valence-corrected chi connectivity index (χ4v) is 1.20. The monoisotopic (exact) mass is 247 g/mol. The summed E-state index contributed by atoms with van der Waals surface area (Å²) in [4.78, 5) is 12.4. The van der Waals surface area contributed by atoms with Crippen LogP contribution in [0.4, 0.5) is 0 Å². The molecule has 100 valence electrons. The third kappa shape index (κ3) is 5.78. The Morgan fingerprint density at radius 1 is 1.24 bits per heavy atom. The van der Waals surface area contributed by atoms with Crippen molar-refractivity contribution >= 4 is 5.91 Å². The Bertz CT molecular complexity index is 220. The lowest BCUT2D eigenvalue weighted by molar-refractivity contribution is -0.170. The number of rotatable bonds is 9. The summed E-state index contributed by atoms with van der Waals surface area (Å²) in [6, 6.07) is 0. The van der Waals surface area contributed by atoms with Crippen molar-refractivity contribution < 1.29 is 24.5 Å². The van der Waals surface area contributed by atoms with E-state index < -0.39 is 18.4 Å². The molecule has 0 aliphatic carbocycles. The van der Waals surface area contributed by atoms with E-state index in [1.165, 1.54) is 0 Å². The van der Waals surface area contributed by atoms with E-state index in [-0.39, 0.29) is 13.2 Å². The molecule has 1 amide bonds. The Morgan fingerprint density at radius 2 is 1.65 bits per heavy atom. The van der Waals surface area contributed by atoms with Crippen LogP contribution in [0.3, 0.4) is 0 Å². The van der Waals surface area contributed by atoms with Gasteiger partial charge in [0.25, 0.3) is 0 Å². The average molecular weight is 247 g/mol. The average Bonchev–Trinajstić information content (AvgIpc) is 2.33. The second-order valence-corrected chi connectivity index (χ2v) is 3.23. The predicted molar refractivity (Wildman–Crippen MR) is 62.0 cm³/mol. The van der Waals surface area contributed by atoms with Crippen molar-refractivity contribution in [2.24, 2.45) is 0 Å². The summed E-state index contributed by atoms with van der Waals surface area (Å²) in [6.07, 6.45) is -1.43. The summed E-state index contributed by atoms with van der Waals surface area (Å²) in [5, 5.41) is 19.5. The van der Waals surface area contributed by atoms with Gasteiger partial charge >= 0.3 is 0 Å². The van der Waals surface area contributed by atoms with E-state index in [1.54, 1.807) is 13.8 Å². The first kappa shape index (κ1) is 16.1. The van der Waals surface area contributed by atoms with Gasteiger partial charge in [0.05, 0.1) is 13.2 Å². The maximum Gasteiger partial charge on any atom is 0.250 e. The van der Waals surface area contributed by atoms with Crippen LogP contribution in [-0.2, 0) is 14.3 Å². The molecule has 0 aliphatic rings. The first-order valence-electron chi connectivity index (χ1n) is 5.54. The van der Waals surface area contributed by atoms with Gasteiger partial charge in [-0.1, -0.05) is 6.58 Å². The van der Waals surface area contributed by atoms with Gasteiger partial charge in [-0.3, -0.25) is 9.69 Å². The summed E-state index contributed by atoms with van der Waals surface area (Å²) in [5.74, 6) is -0.579. The fourth-order valence-electron chi connectivity index (χ4n) is 1.20. The molecule has 0 aromatic rings. The third-order valence-electron chi connectivity index (χ3n) is 2.01. The Morgan fingerprint density at radius 3 is 1.94 bits per heavy atom. The molecule has 0 radical (unpaired) electrons. The maximum atomic E-state index is 11.5. The number of aliphatic hydroxyl groups is 2. The van der Waals surface area contributed by atoms with Crippen molar-refractivity contribution in [3.05, 3.63) is 12.7 Å². The second kappa shape index (κ2) is 9.12. The first-order chi connectivity index (χ1) is 8.08. The van der Waals surface area contributed by atoms with Crippen LogP contribution in [0.15, 0.2) is 12.7 Å². The van der Waals surface area contributed by atoms with Gasteiger partial charge in [-0.2, -0.15) is 0 Å². The molecule has 6 heteroatoms. The van der Waals surface area contributed by atoms with E-state index in [9.17, 15) is 15.0 Å². The molecule has 0 saturated carbocycles. The SMILES string of the molecule is C=CC(=O)N(C(O)COCC)C(O)COCC. The molecule has 0 aromatic carbocycles. The van der Waals surface area contributed by atoms with Crippen LogP contribution >= 0.6 is 0 Å². The van der Waals surface area contributed by atoms with Crippen molar-refractivity contribution in [1.29, 1.82) is 0 Å². The highest BCUT2D eigenvalue weighted by molar-refractivity contribution is 5.87. The number of carbonyl (C=O) groups excluding carboxylic acids is 1. The topological polar surface area (TPSA) is 79.2 Å². The number of hydrogen-bond donors (Lipinski definition) is 2. The lowest BCUT2D eigenvalue weighted by Crippen LogP contribution is -2.50. The largest absolute Gasteiger partial charge is 0.377 e. The smallest absolute Gasteiger partial charge is 0.250 e. The minimum Gasteiger partial charge on any atom is -0.377 e. The van der Waals surface area contributed by atoms with E-state index in [1.807, 2.05) is 0 Å². The van der Waals surface area contributed by atoms with Crippen LogP contribution in [0.2, 0.25) is 0 Å². The molecular weight excluding hydrogens is 226 g/mol. The maximum absolute atomic E-state index is 11.5. The Hall–Kier alpha value is -0.950. The third-order valence-corrected chi connectivity index (χ3v) is 2.01. The van der Waals surface area contributed by atoms with Crippen LogP contribution < -0.4 is 0 Å². The van der Waals surface area contributed by atoms with Gasteiger partial charge in [0, 0.05) is 13.2 Å².